The first-order valence-electron chi connectivity index (χ1n) is 5.38. The number of esters is 1. The van der Waals surface area contributed by atoms with Crippen LogP contribution in [0.5, 0.6) is 0 Å². The Hall–Kier alpha value is -1.94. The van der Waals surface area contributed by atoms with Crippen molar-refractivity contribution in [2.45, 2.75) is 12.5 Å². The molecular formula is C13H14N2O2. The highest BCUT2D eigenvalue weighted by atomic mass is 16.5. The number of pyridine rings is 1. The Kier molecular flexibility index (Phi) is 3.35. The fourth-order valence-corrected chi connectivity index (χ4v) is 1.67. The zero-order chi connectivity index (χ0) is 12.3. The molecule has 1 atom stereocenters. The largest absolute Gasteiger partial charge is 0.469 e. The highest BCUT2D eigenvalue weighted by Gasteiger charge is 2.12. The minimum absolute atomic E-state index is 0.163. The molecule has 1 aromatic heterocycles. The number of aromatic nitrogens is 1. The molecule has 1 aromatic carbocycles. The highest BCUT2D eigenvalue weighted by molar-refractivity contribution is 5.79. The first-order valence-corrected chi connectivity index (χ1v) is 5.38. The molecule has 2 N–H and O–H groups in total. The molecule has 0 fully saturated rings. The van der Waals surface area contributed by atoms with E-state index in [9.17, 15) is 4.79 Å². The number of nitrogens with two attached hydrogens (primary N) is 1. The van der Waals surface area contributed by atoms with Crippen LogP contribution in [-0.4, -0.2) is 18.1 Å². The maximum atomic E-state index is 11.1. The Balaban J connectivity index is 2.26. The molecule has 0 amide bonds. The smallest absolute Gasteiger partial charge is 0.307 e. The molecule has 2 aromatic rings. The van der Waals surface area contributed by atoms with E-state index >= 15 is 0 Å². The van der Waals surface area contributed by atoms with Crippen LogP contribution in [0.15, 0.2) is 36.5 Å². The van der Waals surface area contributed by atoms with Gasteiger partial charge in [0.25, 0.3) is 0 Å². The molecule has 0 bridgehead atoms. The SMILES string of the molecule is COC(=O)CC(N)c1cnc2ccccc2c1. The van der Waals surface area contributed by atoms with Gasteiger partial charge in [-0.15, -0.1) is 0 Å². The molecule has 2 rings (SSSR count). The molecule has 0 radical (unpaired) electrons. The number of para-hydroxylation sites is 1. The number of ether oxygens (including phenoxy) is 1. The number of hydrogen-bond acceptors (Lipinski definition) is 4. The first-order chi connectivity index (χ1) is 8.20. The summed E-state index contributed by atoms with van der Waals surface area (Å²) in [5.74, 6) is -0.314. The quantitative estimate of drug-likeness (QED) is 0.816. The van der Waals surface area contributed by atoms with Crippen LogP contribution in [0.1, 0.15) is 18.0 Å². The summed E-state index contributed by atoms with van der Waals surface area (Å²) in [5, 5.41) is 1.02. The van der Waals surface area contributed by atoms with Crippen LogP contribution in [-0.2, 0) is 9.53 Å². The van der Waals surface area contributed by atoms with Gasteiger partial charge in [-0.2, -0.15) is 0 Å². The Morgan fingerprint density at radius 1 is 1.47 bits per heavy atom. The van der Waals surface area contributed by atoms with E-state index in [0.29, 0.717) is 0 Å². The molecule has 4 nitrogen and oxygen atoms in total. The average molecular weight is 230 g/mol. The summed E-state index contributed by atoms with van der Waals surface area (Å²) in [4.78, 5) is 15.4. The Morgan fingerprint density at radius 2 is 2.24 bits per heavy atom. The van der Waals surface area contributed by atoms with Gasteiger partial charge in [0, 0.05) is 17.6 Å². The van der Waals surface area contributed by atoms with Crippen LogP contribution in [0, 0.1) is 0 Å². The van der Waals surface area contributed by atoms with Crippen LogP contribution in [0.25, 0.3) is 10.9 Å². The lowest BCUT2D eigenvalue weighted by Gasteiger charge is -2.10. The molecule has 0 saturated carbocycles. The second-order valence-corrected chi connectivity index (χ2v) is 3.85. The van der Waals surface area contributed by atoms with Gasteiger partial charge in [0.1, 0.15) is 0 Å². The zero-order valence-electron chi connectivity index (χ0n) is 9.59. The van der Waals surface area contributed by atoms with Gasteiger partial charge in [0.15, 0.2) is 0 Å². The maximum absolute atomic E-state index is 11.1. The van der Waals surface area contributed by atoms with Gasteiger partial charge in [0.2, 0.25) is 0 Å². The molecule has 0 aliphatic heterocycles. The normalized spacial score (nSPS) is 12.4. The van der Waals surface area contributed by atoms with E-state index < -0.39 is 0 Å². The molecule has 0 spiro atoms. The summed E-state index contributed by atoms with van der Waals surface area (Å²) in [6.45, 7) is 0. The minimum Gasteiger partial charge on any atom is -0.469 e. The van der Waals surface area contributed by atoms with Crippen molar-refractivity contribution in [1.29, 1.82) is 0 Å². The van der Waals surface area contributed by atoms with Crippen LogP contribution in [0.3, 0.4) is 0 Å². The second kappa shape index (κ2) is 4.93. The van der Waals surface area contributed by atoms with Gasteiger partial charge >= 0.3 is 5.97 Å². The molecule has 0 saturated heterocycles. The van der Waals surface area contributed by atoms with Crippen molar-refractivity contribution in [1.82, 2.24) is 4.98 Å². The zero-order valence-corrected chi connectivity index (χ0v) is 9.59. The lowest BCUT2D eigenvalue weighted by atomic mass is 10.0. The number of carbonyl (C=O) groups is 1. The van der Waals surface area contributed by atoms with Gasteiger partial charge in [-0.1, -0.05) is 18.2 Å². The van der Waals surface area contributed by atoms with E-state index in [4.69, 9.17) is 5.73 Å². The highest BCUT2D eigenvalue weighted by Crippen LogP contribution is 2.18. The van der Waals surface area contributed by atoms with Crippen molar-refractivity contribution in [3.8, 4) is 0 Å². The summed E-state index contributed by atoms with van der Waals surface area (Å²) >= 11 is 0. The van der Waals surface area contributed by atoms with E-state index in [-0.39, 0.29) is 18.4 Å². The van der Waals surface area contributed by atoms with Crippen molar-refractivity contribution in [2.75, 3.05) is 7.11 Å². The fraction of sp³-hybridized carbons (Fsp3) is 0.231. The summed E-state index contributed by atoms with van der Waals surface area (Å²) in [5.41, 5.74) is 7.68. The third-order valence-corrected chi connectivity index (χ3v) is 2.65. The molecule has 88 valence electrons. The molecule has 0 aliphatic rings. The monoisotopic (exact) mass is 230 g/mol. The van der Waals surface area contributed by atoms with Crippen molar-refractivity contribution in [3.63, 3.8) is 0 Å². The number of methoxy groups -OCH3 is 1. The minimum atomic E-state index is -0.375. The molecule has 4 heteroatoms. The Bertz CT molecular complexity index is 540. The number of nitrogens with zero attached hydrogens (tertiary/aromatic N) is 1. The fourth-order valence-electron chi connectivity index (χ4n) is 1.67. The molecule has 1 unspecified atom stereocenters. The maximum Gasteiger partial charge on any atom is 0.307 e. The third-order valence-electron chi connectivity index (χ3n) is 2.65. The molecular weight excluding hydrogens is 216 g/mol. The van der Waals surface area contributed by atoms with Crippen molar-refractivity contribution < 1.29 is 9.53 Å². The summed E-state index contributed by atoms with van der Waals surface area (Å²) < 4.78 is 4.59. The van der Waals surface area contributed by atoms with Gasteiger partial charge in [-0.25, -0.2) is 0 Å². The standard InChI is InChI=1S/C13H14N2O2/c1-17-13(16)7-11(14)10-6-9-4-2-3-5-12(9)15-8-10/h2-6,8,11H,7,14H2,1H3. The van der Waals surface area contributed by atoms with E-state index in [2.05, 4.69) is 9.72 Å². The molecule has 0 aliphatic carbocycles. The van der Waals surface area contributed by atoms with Crippen LogP contribution < -0.4 is 5.73 Å². The van der Waals surface area contributed by atoms with E-state index in [1.807, 2.05) is 30.3 Å². The summed E-state index contributed by atoms with van der Waals surface area (Å²) in [7, 11) is 1.35. The number of benzene rings is 1. The number of fused-ring (bicyclic) bond motifs is 1. The first kappa shape index (κ1) is 11.5. The number of rotatable bonds is 3. The van der Waals surface area contributed by atoms with Gasteiger partial charge in [0.05, 0.1) is 19.0 Å². The topological polar surface area (TPSA) is 65.2 Å². The van der Waals surface area contributed by atoms with Crippen LogP contribution >= 0.6 is 0 Å². The summed E-state index contributed by atoms with van der Waals surface area (Å²) in [6, 6.07) is 9.36. The Labute approximate surface area is 99.4 Å². The lowest BCUT2D eigenvalue weighted by molar-refractivity contribution is -0.141. The van der Waals surface area contributed by atoms with Crippen molar-refractivity contribution >= 4 is 16.9 Å². The van der Waals surface area contributed by atoms with Gasteiger partial charge in [-0.3, -0.25) is 9.78 Å². The average Bonchev–Trinajstić information content (AvgIpc) is 2.38. The van der Waals surface area contributed by atoms with E-state index in [1.54, 1.807) is 6.20 Å². The van der Waals surface area contributed by atoms with E-state index in [1.165, 1.54) is 7.11 Å². The predicted molar refractivity (Wildman–Crippen MR) is 65.3 cm³/mol. The van der Waals surface area contributed by atoms with Gasteiger partial charge in [-0.05, 0) is 17.7 Å². The summed E-state index contributed by atoms with van der Waals surface area (Å²) in [6.07, 6.45) is 1.87. The number of hydrogen-bond donors (Lipinski definition) is 1. The third kappa shape index (κ3) is 2.60. The van der Waals surface area contributed by atoms with Crippen molar-refractivity contribution in [3.05, 3.63) is 42.1 Å². The second-order valence-electron chi connectivity index (χ2n) is 3.85. The van der Waals surface area contributed by atoms with Crippen molar-refractivity contribution in [2.24, 2.45) is 5.73 Å². The van der Waals surface area contributed by atoms with Crippen LogP contribution in [0.2, 0.25) is 0 Å². The van der Waals surface area contributed by atoms with E-state index in [0.717, 1.165) is 16.5 Å². The van der Waals surface area contributed by atoms with Gasteiger partial charge < -0.3 is 10.5 Å². The van der Waals surface area contributed by atoms with Crippen LogP contribution in [0.4, 0.5) is 0 Å². The lowest BCUT2D eigenvalue weighted by Crippen LogP contribution is -2.16. The number of carbonyl (C=O) groups excluding carboxylic acids is 1. The predicted octanol–water partition coefficient (Wildman–Crippen LogP) is 1.80. The molecule has 1 heterocycles. The molecule has 17 heavy (non-hydrogen) atoms. The Morgan fingerprint density at radius 3 is 3.00 bits per heavy atom.